The molecule has 0 aliphatic carbocycles. The molecule has 1 N–H and O–H groups in total. The van der Waals surface area contributed by atoms with Crippen LogP contribution in [0.15, 0.2) is 78.9 Å². The third-order valence-corrected chi connectivity index (χ3v) is 4.90. The largest absolute Gasteiger partial charge is 0.361 e. The van der Waals surface area contributed by atoms with Gasteiger partial charge in [-0.25, -0.2) is 4.79 Å². The van der Waals surface area contributed by atoms with Crippen molar-refractivity contribution in [3.05, 3.63) is 95.6 Å². The van der Waals surface area contributed by atoms with Gasteiger partial charge in [-0.1, -0.05) is 65.7 Å². The first-order valence-corrected chi connectivity index (χ1v) is 9.32. The molecule has 2 amide bonds. The average Bonchev–Trinajstić information content (AvgIpc) is 2.75. The van der Waals surface area contributed by atoms with E-state index in [0.29, 0.717) is 23.2 Å². The maximum atomic E-state index is 13.5. The van der Waals surface area contributed by atoms with Crippen LogP contribution in [0.25, 0.3) is 0 Å². The van der Waals surface area contributed by atoms with Crippen molar-refractivity contribution in [3.63, 3.8) is 0 Å². The predicted octanol–water partition coefficient (Wildman–Crippen LogP) is 4.41. The summed E-state index contributed by atoms with van der Waals surface area (Å²) in [7, 11) is 1.62. The van der Waals surface area contributed by atoms with Crippen molar-refractivity contribution in [2.45, 2.75) is 19.6 Å². The van der Waals surface area contributed by atoms with Crippen molar-refractivity contribution in [2.24, 2.45) is 0 Å². The van der Waals surface area contributed by atoms with Gasteiger partial charge in [0.1, 0.15) is 0 Å². The lowest BCUT2D eigenvalue weighted by Gasteiger charge is -2.38. The van der Waals surface area contributed by atoms with Crippen LogP contribution in [-0.2, 0) is 10.5 Å². The second-order valence-electron chi connectivity index (χ2n) is 7.06. The Hall–Kier alpha value is -3.44. The Morgan fingerprint density at radius 1 is 0.828 bits per heavy atom. The van der Waals surface area contributed by atoms with Crippen LogP contribution in [-0.4, -0.2) is 24.5 Å². The van der Waals surface area contributed by atoms with Gasteiger partial charge in [-0.15, -0.1) is 0 Å². The number of aldehydes is 1. The monoisotopic (exact) mass is 388 g/mol. The number of hydrogen-bond donors (Lipinski definition) is 1. The number of hydrogen-bond acceptors (Lipinski definition) is 3. The van der Waals surface area contributed by atoms with Crippen LogP contribution in [0.2, 0.25) is 0 Å². The summed E-state index contributed by atoms with van der Waals surface area (Å²) in [5, 5.41) is 11.4. The quantitative estimate of drug-likeness (QED) is 0.520. The van der Waals surface area contributed by atoms with Gasteiger partial charge in [0.05, 0.1) is 0 Å². The normalized spacial score (nSPS) is 12.7. The van der Waals surface area contributed by atoms with E-state index in [-0.39, 0.29) is 0 Å². The SMILES string of the molecule is Cc1ccc(N(C)C(=O)N(c2ccc(C)cc2)C(O)(C=O)c2ccccc2)cc1. The zero-order valence-electron chi connectivity index (χ0n) is 16.7. The number of amides is 2. The van der Waals surface area contributed by atoms with Gasteiger partial charge in [0.15, 0.2) is 6.29 Å². The Balaban J connectivity index is 2.12. The summed E-state index contributed by atoms with van der Waals surface area (Å²) in [6, 6.07) is 22.5. The molecule has 3 aromatic rings. The molecule has 29 heavy (non-hydrogen) atoms. The number of carbonyl (C=O) groups excluding carboxylic acids is 2. The van der Waals surface area contributed by atoms with Gasteiger partial charge >= 0.3 is 6.03 Å². The van der Waals surface area contributed by atoms with Gasteiger partial charge in [-0.05, 0) is 38.1 Å². The first kappa shape index (κ1) is 20.3. The molecule has 0 saturated heterocycles. The zero-order chi connectivity index (χ0) is 21.0. The molecule has 5 heteroatoms. The fourth-order valence-electron chi connectivity index (χ4n) is 3.11. The molecule has 5 nitrogen and oxygen atoms in total. The van der Waals surface area contributed by atoms with Crippen LogP contribution in [0.1, 0.15) is 16.7 Å². The standard InChI is InChI=1S/C24H24N2O3/c1-18-9-13-21(14-10-18)25(3)23(28)26(22-15-11-19(2)12-16-22)24(29,17-27)20-7-5-4-6-8-20/h4-17,29H,1-3H3. The zero-order valence-corrected chi connectivity index (χ0v) is 16.7. The van der Waals surface area contributed by atoms with Gasteiger partial charge in [-0.3, -0.25) is 14.6 Å². The number of nitrogens with zero attached hydrogens (tertiary/aromatic N) is 2. The fourth-order valence-corrected chi connectivity index (χ4v) is 3.11. The Morgan fingerprint density at radius 3 is 1.79 bits per heavy atom. The van der Waals surface area contributed by atoms with Gasteiger partial charge in [-0.2, -0.15) is 0 Å². The average molecular weight is 388 g/mol. The summed E-state index contributed by atoms with van der Waals surface area (Å²) in [5.41, 5.74) is 1.28. The fraction of sp³-hybridized carbons (Fsp3) is 0.167. The van der Waals surface area contributed by atoms with E-state index >= 15 is 0 Å². The highest BCUT2D eigenvalue weighted by Crippen LogP contribution is 2.32. The van der Waals surface area contributed by atoms with Crippen molar-refractivity contribution in [1.29, 1.82) is 0 Å². The van der Waals surface area contributed by atoms with Crippen LogP contribution in [0, 0.1) is 13.8 Å². The summed E-state index contributed by atoms with van der Waals surface area (Å²) in [6.45, 7) is 3.89. The maximum absolute atomic E-state index is 13.5. The lowest BCUT2D eigenvalue weighted by Crippen LogP contribution is -2.55. The summed E-state index contributed by atoms with van der Waals surface area (Å²) >= 11 is 0. The molecule has 0 aliphatic heterocycles. The van der Waals surface area contributed by atoms with Gasteiger partial charge in [0, 0.05) is 24.0 Å². The molecule has 0 fully saturated rings. The van der Waals surface area contributed by atoms with Crippen LogP contribution < -0.4 is 9.80 Å². The number of carbonyl (C=O) groups is 2. The minimum atomic E-state index is -2.16. The number of urea groups is 1. The third kappa shape index (κ3) is 4.05. The molecule has 1 unspecified atom stereocenters. The maximum Gasteiger partial charge on any atom is 0.331 e. The van der Waals surface area contributed by atoms with E-state index in [9.17, 15) is 14.7 Å². The highest BCUT2D eigenvalue weighted by Gasteiger charge is 2.42. The van der Waals surface area contributed by atoms with E-state index in [1.54, 1.807) is 49.5 Å². The van der Waals surface area contributed by atoms with Crippen LogP contribution >= 0.6 is 0 Å². The Morgan fingerprint density at radius 2 is 1.31 bits per heavy atom. The van der Waals surface area contributed by atoms with Crippen molar-refractivity contribution < 1.29 is 14.7 Å². The third-order valence-electron chi connectivity index (χ3n) is 4.90. The van der Waals surface area contributed by atoms with E-state index in [4.69, 9.17) is 0 Å². The first-order chi connectivity index (χ1) is 13.9. The molecule has 0 heterocycles. The molecule has 148 valence electrons. The topological polar surface area (TPSA) is 60.9 Å². The van der Waals surface area contributed by atoms with Crippen molar-refractivity contribution >= 4 is 23.7 Å². The summed E-state index contributed by atoms with van der Waals surface area (Å²) in [5.74, 6) is 0. The van der Waals surface area contributed by atoms with Gasteiger partial charge in [0.25, 0.3) is 0 Å². The molecule has 0 spiro atoms. The number of aryl methyl sites for hydroxylation is 2. The molecule has 0 radical (unpaired) electrons. The second kappa shape index (κ2) is 8.29. The van der Waals surface area contributed by atoms with Crippen LogP contribution in [0.5, 0.6) is 0 Å². The van der Waals surface area contributed by atoms with Crippen molar-refractivity contribution in [2.75, 3.05) is 16.8 Å². The lowest BCUT2D eigenvalue weighted by molar-refractivity contribution is -0.124. The highest BCUT2D eigenvalue weighted by atomic mass is 16.3. The van der Waals surface area contributed by atoms with Crippen molar-refractivity contribution in [1.82, 2.24) is 0 Å². The molecular formula is C24H24N2O3. The van der Waals surface area contributed by atoms with Gasteiger partial charge in [0.2, 0.25) is 5.72 Å². The number of benzene rings is 3. The van der Waals surface area contributed by atoms with E-state index in [1.165, 1.54) is 4.90 Å². The molecule has 0 aromatic heterocycles. The summed E-state index contributed by atoms with van der Waals surface area (Å²) in [4.78, 5) is 28.2. The van der Waals surface area contributed by atoms with E-state index < -0.39 is 11.8 Å². The van der Waals surface area contributed by atoms with E-state index in [1.807, 2.05) is 50.2 Å². The number of anilines is 2. The molecule has 3 rings (SSSR count). The lowest BCUT2D eigenvalue weighted by atomic mass is 10.0. The summed E-state index contributed by atoms with van der Waals surface area (Å²) in [6.07, 6.45) is 0.392. The minimum absolute atomic E-state index is 0.307. The van der Waals surface area contributed by atoms with E-state index in [2.05, 4.69) is 0 Å². The molecule has 0 saturated carbocycles. The van der Waals surface area contributed by atoms with Crippen LogP contribution in [0.3, 0.4) is 0 Å². The first-order valence-electron chi connectivity index (χ1n) is 9.32. The smallest absolute Gasteiger partial charge is 0.331 e. The Labute approximate surface area is 170 Å². The molecular weight excluding hydrogens is 364 g/mol. The minimum Gasteiger partial charge on any atom is -0.361 e. The molecule has 0 bridgehead atoms. The van der Waals surface area contributed by atoms with Gasteiger partial charge < -0.3 is 5.11 Å². The molecule has 1 atom stereocenters. The number of aliphatic hydroxyl groups is 1. The summed E-state index contributed by atoms with van der Waals surface area (Å²) < 4.78 is 0. The number of rotatable bonds is 5. The Kier molecular flexibility index (Phi) is 5.80. The second-order valence-corrected chi connectivity index (χ2v) is 7.06. The molecule has 0 aliphatic rings. The van der Waals surface area contributed by atoms with Crippen LogP contribution in [0.4, 0.5) is 16.2 Å². The molecule has 3 aromatic carbocycles. The predicted molar refractivity (Wildman–Crippen MR) is 115 cm³/mol. The highest BCUT2D eigenvalue weighted by molar-refractivity contribution is 6.06. The van der Waals surface area contributed by atoms with E-state index in [0.717, 1.165) is 16.0 Å². The van der Waals surface area contributed by atoms with Crippen molar-refractivity contribution in [3.8, 4) is 0 Å². The Bertz CT molecular complexity index is 985.